The predicted octanol–water partition coefficient (Wildman–Crippen LogP) is 1.88. The molecule has 0 radical (unpaired) electrons. The molecule has 0 spiro atoms. The van der Waals surface area contributed by atoms with E-state index in [0.717, 1.165) is 25.1 Å². The molecular weight excluding hydrogens is 202 g/mol. The molecule has 1 fully saturated rings. The van der Waals surface area contributed by atoms with Crippen LogP contribution in [-0.4, -0.2) is 36.1 Å². The van der Waals surface area contributed by atoms with Crippen molar-refractivity contribution in [2.45, 2.75) is 12.8 Å². The van der Waals surface area contributed by atoms with Crippen LogP contribution in [0.15, 0.2) is 24.3 Å². The highest BCUT2D eigenvalue weighted by Crippen LogP contribution is 2.20. The largest absolute Gasteiger partial charge is 0.478 e. The molecule has 2 rings (SSSR count). The number of carboxylic acids is 1. The van der Waals surface area contributed by atoms with E-state index in [1.54, 1.807) is 12.1 Å². The maximum absolute atomic E-state index is 10.8. The highest BCUT2D eigenvalue weighted by Gasteiger charge is 2.19. The Morgan fingerprint density at radius 2 is 2.38 bits per heavy atom. The standard InChI is InChI=1S/C13H17NO2/c1-14-6-5-11(9-14)7-10-3-2-4-12(8-10)13(15)16/h2-4,8,11H,5-7,9H2,1H3,(H,15,16). The van der Waals surface area contributed by atoms with Gasteiger partial charge in [0, 0.05) is 6.54 Å². The number of aromatic carboxylic acids is 1. The summed E-state index contributed by atoms with van der Waals surface area (Å²) in [5.41, 5.74) is 1.53. The maximum atomic E-state index is 10.8. The van der Waals surface area contributed by atoms with Crippen molar-refractivity contribution in [3.05, 3.63) is 35.4 Å². The molecule has 1 aliphatic rings. The minimum atomic E-state index is -0.842. The van der Waals surface area contributed by atoms with Crippen LogP contribution >= 0.6 is 0 Å². The Hall–Kier alpha value is -1.35. The zero-order valence-corrected chi connectivity index (χ0v) is 9.52. The average molecular weight is 219 g/mol. The summed E-state index contributed by atoms with van der Waals surface area (Å²) in [5, 5.41) is 8.90. The molecule has 0 aliphatic carbocycles. The molecule has 0 amide bonds. The van der Waals surface area contributed by atoms with Crippen LogP contribution in [0.25, 0.3) is 0 Å². The average Bonchev–Trinajstić information content (AvgIpc) is 2.64. The Kier molecular flexibility index (Phi) is 3.25. The summed E-state index contributed by atoms with van der Waals surface area (Å²) in [4.78, 5) is 13.2. The van der Waals surface area contributed by atoms with E-state index in [1.165, 1.54) is 6.42 Å². The van der Waals surface area contributed by atoms with E-state index in [1.807, 2.05) is 12.1 Å². The Morgan fingerprint density at radius 3 is 3.00 bits per heavy atom. The van der Waals surface area contributed by atoms with Gasteiger partial charge in [-0.1, -0.05) is 12.1 Å². The lowest BCUT2D eigenvalue weighted by atomic mass is 9.97. The molecule has 1 atom stereocenters. The van der Waals surface area contributed by atoms with E-state index < -0.39 is 5.97 Å². The minimum absolute atomic E-state index is 0.392. The number of rotatable bonds is 3. The van der Waals surface area contributed by atoms with Crippen molar-refractivity contribution in [2.75, 3.05) is 20.1 Å². The van der Waals surface area contributed by atoms with Crippen molar-refractivity contribution in [3.63, 3.8) is 0 Å². The van der Waals surface area contributed by atoms with Crippen LogP contribution in [0.5, 0.6) is 0 Å². The minimum Gasteiger partial charge on any atom is -0.478 e. The molecule has 1 heterocycles. The first-order valence-electron chi connectivity index (χ1n) is 5.66. The highest BCUT2D eigenvalue weighted by molar-refractivity contribution is 5.87. The van der Waals surface area contributed by atoms with Gasteiger partial charge in [0.25, 0.3) is 0 Å². The molecule has 0 bridgehead atoms. The molecule has 0 aromatic heterocycles. The normalized spacial score (nSPS) is 21.2. The van der Waals surface area contributed by atoms with Gasteiger partial charge in [-0.05, 0) is 50.0 Å². The molecule has 86 valence electrons. The van der Waals surface area contributed by atoms with Gasteiger partial charge in [0.1, 0.15) is 0 Å². The number of hydrogen-bond donors (Lipinski definition) is 1. The topological polar surface area (TPSA) is 40.5 Å². The predicted molar refractivity (Wildman–Crippen MR) is 62.7 cm³/mol. The summed E-state index contributed by atoms with van der Waals surface area (Å²) in [6, 6.07) is 7.29. The van der Waals surface area contributed by atoms with Crippen molar-refractivity contribution in [1.29, 1.82) is 0 Å². The fourth-order valence-electron chi connectivity index (χ4n) is 2.36. The second-order valence-corrected chi connectivity index (χ2v) is 4.63. The highest BCUT2D eigenvalue weighted by atomic mass is 16.4. The van der Waals surface area contributed by atoms with Crippen LogP contribution < -0.4 is 0 Å². The first-order chi connectivity index (χ1) is 7.65. The summed E-state index contributed by atoms with van der Waals surface area (Å²) in [5.74, 6) is -0.167. The van der Waals surface area contributed by atoms with Crippen LogP contribution in [0.3, 0.4) is 0 Å². The summed E-state index contributed by atoms with van der Waals surface area (Å²) in [6.45, 7) is 2.28. The van der Waals surface area contributed by atoms with Gasteiger partial charge in [0.05, 0.1) is 5.56 Å². The third-order valence-corrected chi connectivity index (χ3v) is 3.19. The number of carbonyl (C=O) groups is 1. The molecule has 1 aromatic carbocycles. The lowest BCUT2D eigenvalue weighted by Crippen LogP contribution is -2.15. The van der Waals surface area contributed by atoms with Crippen molar-refractivity contribution >= 4 is 5.97 Å². The van der Waals surface area contributed by atoms with Gasteiger partial charge in [-0.15, -0.1) is 0 Å². The van der Waals surface area contributed by atoms with Crippen molar-refractivity contribution in [3.8, 4) is 0 Å². The number of hydrogen-bond acceptors (Lipinski definition) is 2. The molecule has 1 N–H and O–H groups in total. The first kappa shape index (κ1) is 11.1. The molecule has 1 aliphatic heterocycles. The zero-order valence-electron chi connectivity index (χ0n) is 9.52. The number of nitrogens with zero attached hydrogens (tertiary/aromatic N) is 1. The fraction of sp³-hybridized carbons (Fsp3) is 0.462. The number of benzene rings is 1. The van der Waals surface area contributed by atoms with Gasteiger partial charge in [0.2, 0.25) is 0 Å². The lowest BCUT2D eigenvalue weighted by molar-refractivity contribution is 0.0696. The zero-order chi connectivity index (χ0) is 11.5. The fourth-order valence-corrected chi connectivity index (χ4v) is 2.36. The smallest absolute Gasteiger partial charge is 0.335 e. The van der Waals surface area contributed by atoms with E-state index in [9.17, 15) is 4.79 Å². The van der Waals surface area contributed by atoms with Crippen molar-refractivity contribution in [1.82, 2.24) is 4.90 Å². The summed E-state index contributed by atoms with van der Waals surface area (Å²) in [7, 11) is 2.13. The maximum Gasteiger partial charge on any atom is 0.335 e. The first-order valence-corrected chi connectivity index (χ1v) is 5.66. The van der Waals surface area contributed by atoms with Gasteiger partial charge >= 0.3 is 5.97 Å². The van der Waals surface area contributed by atoms with Gasteiger partial charge in [-0.2, -0.15) is 0 Å². The SMILES string of the molecule is CN1CCC(Cc2cccc(C(=O)O)c2)C1. The molecule has 3 heteroatoms. The van der Waals surface area contributed by atoms with E-state index >= 15 is 0 Å². The second kappa shape index (κ2) is 4.66. The van der Waals surface area contributed by atoms with Crippen LogP contribution in [-0.2, 0) is 6.42 Å². The van der Waals surface area contributed by atoms with Gasteiger partial charge in [-0.25, -0.2) is 4.79 Å². The Bertz CT molecular complexity index is 389. The second-order valence-electron chi connectivity index (χ2n) is 4.63. The van der Waals surface area contributed by atoms with Crippen molar-refractivity contribution in [2.24, 2.45) is 5.92 Å². The van der Waals surface area contributed by atoms with E-state index in [-0.39, 0.29) is 0 Å². The van der Waals surface area contributed by atoms with Crippen LogP contribution in [0.1, 0.15) is 22.3 Å². The van der Waals surface area contributed by atoms with E-state index in [2.05, 4.69) is 11.9 Å². The van der Waals surface area contributed by atoms with Gasteiger partial charge in [0.15, 0.2) is 0 Å². The third-order valence-electron chi connectivity index (χ3n) is 3.19. The molecule has 1 aromatic rings. The van der Waals surface area contributed by atoms with Crippen LogP contribution in [0.4, 0.5) is 0 Å². The summed E-state index contributed by atoms with van der Waals surface area (Å²) in [6.07, 6.45) is 2.21. The van der Waals surface area contributed by atoms with Crippen molar-refractivity contribution < 1.29 is 9.90 Å². The third kappa shape index (κ3) is 2.61. The molecule has 0 saturated carbocycles. The van der Waals surface area contributed by atoms with Gasteiger partial charge < -0.3 is 10.0 Å². The Morgan fingerprint density at radius 1 is 1.56 bits per heavy atom. The molecule has 1 saturated heterocycles. The Balaban J connectivity index is 2.04. The quantitative estimate of drug-likeness (QED) is 0.843. The molecule has 1 unspecified atom stereocenters. The molecular formula is C13H17NO2. The number of likely N-dealkylation sites (tertiary alicyclic amines) is 1. The summed E-state index contributed by atoms with van der Waals surface area (Å²) >= 11 is 0. The monoisotopic (exact) mass is 219 g/mol. The lowest BCUT2D eigenvalue weighted by Gasteiger charge is -2.10. The molecule has 16 heavy (non-hydrogen) atoms. The van der Waals surface area contributed by atoms with E-state index in [4.69, 9.17) is 5.11 Å². The van der Waals surface area contributed by atoms with Crippen LogP contribution in [0.2, 0.25) is 0 Å². The van der Waals surface area contributed by atoms with Crippen LogP contribution in [0, 0.1) is 5.92 Å². The number of carboxylic acid groups (broad SMARTS) is 1. The summed E-state index contributed by atoms with van der Waals surface area (Å²) < 4.78 is 0. The van der Waals surface area contributed by atoms with Gasteiger partial charge in [-0.3, -0.25) is 0 Å². The molecule has 3 nitrogen and oxygen atoms in total. The Labute approximate surface area is 95.7 Å². The van der Waals surface area contributed by atoms with E-state index in [0.29, 0.717) is 11.5 Å².